The molecule has 0 unspecified atom stereocenters. The Hall–Kier alpha value is 0.144. The molecular weight excluding hydrogens is 531 g/mol. The summed E-state index contributed by atoms with van der Waals surface area (Å²) in [6.07, 6.45) is 41.7. The van der Waals surface area contributed by atoms with Gasteiger partial charge in [-0.15, -0.1) is 0 Å². The first-order valence-electron chi connectivity index (χ1n) is 17.7. The van der Waals surface area contributed by atoms with Crippen LogP contribution in [0.5, 0.6) is 0 Å². The van der Waals surface area contributed by atoms with Crippen LogP contribution in [-0.4, -0.2) is 4.03 Å². The van der Waals surface area contributed by atoms with Crippen LogP contribution in [0.2, 0.25) is 0 Å². The van der Waals surface area contributed by atoms with E-state index in [1.54, 1.807) is 0 Å². The Labute approximate surface area is 260 Å². The summed E-state index contributed by atoms with van der Waals surface area (Å²) in [5.74, 6) is 0. The molecule has 4 heteroatoms. The molecule has 0 aromatic carbocycles. The molecule has 40 heavy (non-hydrogen) atoms. The molecule has 0 rings (SSSR count). The molecule has 0 amide bonds. The van der Waals surface area contributed by atoms with Gasteiger partial charge in [-0.2, -0.15) is 19.3 Å². The summed E-state index contributed by atoms with van der Waals surface area (Å²) < 4.78 is 24.4. The first-order chi connectivity index (χ1) is 19.5. The van der Waals surface area contributed by atoms with Gasteiger partial charge in [0, 0.05) is 0 Å². The molecule has 0 radical (unpaired) electrons. The van der Waals surface area contributed by atoms with Crippen LogP contribution in [0.15, 0.2) is 0 Å². The summed E-state index contributed by atoms with van der Waals surface area (Å²) >= 11 is -3.69. The van der Waals surface area contributed by atoms with Crippen molar-refractivity contribution < 1.29 is 26.8 Å². The van der Waals surface area contributed by atoms with Crippen LogP contribution in [0.4, 0.5) is 0 Å². The Morgan fingerprint density at radius 1 is 0.350 bits per heavy atom. The summed E-state index contributed by atoms with van der Waals surface area (Å²) in [5.41, 5.74) is 0. The van der Waals surface area contributed by atoms with Crippen LogP contribution in [0.1, 0.15) is 213 Å². The van der Waals surface area contributed by atoms with Crippen molar-refractivity contribution in [2.75, 3.05) is 0 Å². The average molecular weight is 608 g/mol. The number of rotatable bonds is 27. The van der Waals surface area contributed by atoms with E-state index in [9.17, 15) is 0 Å². The van der Waals surface area contributed by atoms with Gasteiger partial charge < -0.3 is 20.8 Å². The van der Waals surface area contributed by atoms with E-state index in [1.807, 2.05) is 0 Å². The molecule has 0 fully saturated rings. The van der Waals surface area contributed by atoms with Crippen LogP contribution < -0.4 is 0 Å². The van der Waals surface area contributed by atoms with E-state index in [1.165, 1.54) is 173 Å². The molecule has 0 aromatic heterocycles. The monoisotopic (exact) mass is 608 g/mol. The second-order valence-corrected chi connectivity index (χ2v) is 12.0. The van der Waals surface area contributed by atoms with E-state index < -0.39 is 15.4 Å². The van der Waals surface area contributed by atoms with Crippen molar-refractivity contribution >= 4 is 0 Å². The van der Waals surface area contributed by atoms with Gasteiger partial charge in [-0.1, -0.05) is 194 Å². The minimum absolute atomic E-state index is 1.12. The zero-order valence-electron chi connectivity index (χ0n) is 28.0. The average Bonchev–Trinajstić information content (AvgIpc) is 2.94. The SMILES string of the molecule is [CH2-]CCCCCCCCCCC.[CH2-]CCCCCCCCCCC.[CH2-]CCCCCCCCCCC.[O]=[V](=[O])[OH]. The first kappa shape index (κ1) is 47.1. The molecule has 0 atom stereocenters. The molecule has 3 nitrogen and oxygen atoms in total. The third kappa shape index (κ3) is 71.4. The van der Waals surface area contributed by atoms with Gasteiger partial charge >= 0.3 is 26.8 Å². The first-order valence-corrected chi connectivity index (χ1v) is 19.5. The van der Waals surface area contributed by atoms with Crippen molar-refractivity contribution in [3.8, 4) is 0 Å². The van der Waals surface area contributed by atoms with E-state index in [-0.39, 0.29) is 0 Å². The van der Waals surface area contributed by atoms with Crippen molar-refractivity contribution in [2.45, 2.75) is 213 Å². The fourth-order valence-electron chi connectivity index (χ4n) is 4.46. The molecule has 0 aliphatic heterocycles. The third-order valence-electron chi connectivity index (χ3n) is 7.06. The van der Waals surface area contributed by atoms with Crippen LogP contribution in [-0.2, 0) is 22.7 Å². The predicted molar refractivity (Wildman–Crippen MR) is 175 cm³/mol. The second kappa shape index (κ2) is 51.8. The van der Waals surface area contributed by atoms with Crippen molar-refractivity contribution in [1.82, 2.24) is 0 Å². The van der Waals surface area contributed by atoms with Gasteiger partial charge in [0.05, 0.1) is 0 Å². The van der Waals surface area contributed by atoms with Gasteiger partial charge in [-0.05, 0) is 0 Å². The maximum atomic E-state index is 8.67. The summed E-state index contributed by atoms with van der Waals surface area (Å²) in [4.78, 5) is 0. The molecule has 0 aliphatic carbocycles. The van der Waals surface area contributed by atoms with Gasteiger partial charge in [-0.3, -0.25) is 0 Å². The van der Waals surface area contributed by atoms with Crippen molar-refractivity contribution in [3.63, 3.8) is 0 Å². The Balaban J connectivity index is -0.000000227. The Morgan fingerprint density at radius 3 is 0.600 bits per heavy atom. The number of unbranched alkanes of at least 4 members (excludes halogenated alkanes) is 27. The predicted octanol–water partition coefficient (Wildman–Crippen LogP) is 13.4. The molecule has 246 valence electrons. The standard InChI is InChI=1S/3C12H25.H2O.2O.V/c3*1-3-5-7-9-11-12-10-8-6-4-2;;;;/h3*1,3-12H2,2H3;1H2;;;/q3*-1;;;;+1/p-1. The van der Waals surface area contributed by atoms with Crippen LogP contribution >= 0.6 is 0 Å². The molecule has 0 heterocycles. The van der Waals surface area contributed by atoms with Gasteiger partial charge in [0.15, 0.2) is 0 Å². The minimum atomic E-state index is -3.69. The summed E-state index contributed by atoms with van der Waals surface area (Å²) in [6, 6.07) is 0. The molecule has 0 saturated carbocycles. The zero-order chi connectivity index (χ0) is 30.8. The van der Waals surface area contributed by atoms with E-state index in [0.29, 0.717) is 0 Å². The molecule has 0 saturated heterocycles. The van der Waals surface area contributed by atoms with Gasteiger partial charge in [0.25, 0.3) is 0 Å². The normalized spacial score (nSPS) is 10.1. The van der Waals surface area contributed by atoms with Crippen molar-refractivity contribution in [3.05, 3.63) is 20.8 Å². The van der Waals surface area contributed by atoms with E-state index in [4.69, 9.17) is 11.4 Å². The molecule has 0 bridgehead atoms. The Morgan fingerprint density at radius 2 is 0.475 bits per heavy atom. The maximum absolute atomic E-state index is 8.67. The van der Waals surface area contributed by atoms with E-state index in [2.05, 4.69) is 41.5 Å². The molecule has 0 aromatic rings. The quantitative estimate of drug-likeness (QED) is 0.0746. The van der Waals surface area contributed by atoms with E-state index >= 15 is 0 Å². The zero-order valence-corrected chi connectivity index (χ0v) is 29.4. The van der Waals surface area contributed by atoms with Crippen LogP contribution in [0.3, 0.4) is 0 Å². The fourth-order valence-corrected chi connectivity index (χ4v) is 4.46. The van der Waals surface area contributed by atoms with E-state index in [0.717, 1.165) is 19.3 Å². The number of hydrogen-bond acceptors (Lipinski definition) is 2. The van der Waals surface area contributed by atoms with Gasteiger partial charge in [0.1, 0.15) is 0 Å². The molecule has 0 spiro atoms. The Bertz CT molecular complexity index is 352. The van der Waals surface area contributed by atoms with Crippen molar-refractivity contribution in [1.29, 1.82) is 0 Å². The van der Waals surface area contributed by atoms with Gasteiger partial charge in [-0.25, -0.2) is 0 Å². The molecular formula is C36H76O3V-3. The summed E-state index contributed by atoms with van der Waals surface area (Å²) in [5, 5.41) is 0. The molecule has 1 N–H and O–H groups in total. The summed E-state index contributed by atoms with van der Waals surface area (Å²) in [6.45, 7) is 18.3. The number of hydrogen-bond donors (Lipinski definition) is 1. The molecule has 0 aliphatic rings. The Kier molecular flexibility index (Phi) is 61.0. The topological polar surface area (TPSA) is 54.4 Å². The van der Waals surface area contributed by atoms with Crippen LogP contribution in [0.25, 0.3) is 0 Å². The third-order valence-corrected chi connectivity index (χ3v) is 7.06. The fraction of sp³-hybridized carbons (Fsp3) is 0.917. The summed E-state index contributed by atoms with van der Waals surface area (Å²) in [7, 11) is 0. The second-order valence-electron chi connectivity index (χ2n) is 11.3. The van der Waals surface area contributed by atoms with Crippen molar-refractivity contribution in [2.24, 2.45) is 0 Å². The van der Waals surface area contributed by atoms with Gasteiger partial charge in [0.2, 0.25) is 0 Å². The van der Waals surface area contributed by atoms with Crippen LogP contribution in [0, 0.1) is 20.8 Å².